The molecule has 0 aliphatic rings. The number of carbonyl (C=O) groups excluding carboxylic acids is 1. The van der Waals surface area contributed by atoms with Gasteiger partial charge in [0, 0.05) is 25.7 Å². The van der Waals surface area contributed by atoms with Gasteiger partial charge in [-0.1, -0.05) is 12.1 Å². The zero-order valence-electron chi connectivity index (χ0n) is 12.1. The van der Waals surface area contributed by atoms with Crippen LogP contribution in [-0.2, 0) is 18.3 Å². The Morgan fingerprint density at radius 2 is 2.10 bits per heavy atom. The van der Waals surface area contributed by atoms with Crippen molar-refractivity contribution in [3.63, 3.8) is 0 Å². The lowest BCUT2D eigenvalue weighted by atomic mass is 10.1. The van der Waals surface area contributed by atoms with Crippen LogP contribution >= 0.6 is 0 Å². The summed E-state index contributed by atoms with van der Waals surface area (Å²) in [4.78, 5) is 23.2. The SMILES string of the molecule is COc1cccc(CCC(=O)Nc2ccc(=O)n(C)c2)c1. The summed E-state index contributed by atoms with van der Waals surface area (Å²) in [6.07, 6.45) is 2.61. The van der Waals surface area contributed by atoms with E-state index in [1.54, 1.807) is 26.4 Å². The van der Waals surface area contributed by atoms with Crippen molar-refractivity contribution in [2.75, 3.05) is 12.4 Å². The predicted molar refractivity (Wildman–Crippen MR) is 81.6 cm³/mol. The topological polar surface area (TPSA) is 60.3 Å². The molecule has 1 heterocycles. The number of hydrogen-bond donors (Lipinski definition) is 1. The zero-order chi connectivity index (χ0) is 15.2. The maximum absolute atomic E-state index is 11.9. The molecule has 0 saturated heterocycles. The average molecular weight is 286 g/mol. The lowest BCUT2D eigenvalue weighted by Crippen LogP contribution is -2.18. The molecule has 1 aromatic carbocycles. The highest BCUT2D eigenvalue weighted by molar-refractivity contribution is 5.90. The van der Waals surface area contributed by atoms with E-state index in [0.717, 1.165) is 11.3 Å². The van der Waals surface area contributed by atoms with Gasteiger partial charge in [-0.2, -0.15) is 0 Å². The first-order valence-corrected chi connectivity index (χ1v) is 6.68. The number of aromatic nitrogens is 1. The highest BCUT2D eigenvalue weighted by Gasteiger charge is 2.04. The fraction of sp³-hybridized carbons (Fsp3) is 0.250. The Hall–Kier alpha value is -2.56. The third-order valence-corrected chi connectivity index (χ3v) is 3.14. The van der Waals surface area contributed by atoms with Crippen LogP contribution in [0.3, 0.4) is 0 Å². The van der Waals surface area contributed by atoms with Crippen molar-refractivity contribution in [1.29, 1.82) is 0 Å². The van der Waals surface area contributed by atoms with E-state index in [9.17, 15) is 9.59 Å². The van der Waals surface area contributed by atoms with Gasteiger partial charge in [0.05, 0.1) is 12.8 Å². The number of ether oxygens (including phenoxy) is 1. The number of benzene rings is 1. The minimum Gasteiger partial charge on any atom is -0.497 e. The number of anilines is 1. The molecule has 1 N–H and O–H groups in total. The molecular weight excluding hydrogens is 268 g/mol. The summed E-state index contributed by atoms with van der Waals surface area (Å²) in [5, 5.41) is 2.78. The van der Waals surface area contributed by atoms with E-state index >= 15 is 0 Å². The van der Waals surface area contributed by atoms with Crippen molar-refractivity contribution < 1.29 is 9.53 Å². The maximum atomic E-state index is 11.9. The third-order valence-electron chi connectivity index (χ3n) is 3.14. The zero-order valence-corrected chi connectivity index (χ0v) is 12.1. The molecule has 21 heavy (non-hydrogen) atoms. The second-order valence-corrected chi connectivity index (χ2v) is 4.77. The normalized spacial score (nSPS) is 10.2. The first-order chi connectivity index (χ1) is 10.1. The summed E-state index contributed by atoms with van der Waals surface area (Å²) < 4.78 is 6.58. The summed E-state index contributed by atoms with van der Waals surface area (Å²) in [5.41, 5.74) is 1.56. The van der Waals surface area contributed by atoms with Crippen LogP contribution in [0.1, 0.15) is 12.0 Å². The summed E-state index contributed by atoms with van der Waals surface area (Å²) in [6.45, 7) is 0. The van der Waals surface area contributed by atoms with Gasteiger partial charge in [0.25, 0.3) is 0 Å². The van der Waals surface area contributed by atoms with E-state index in [1.807, 2.05) is 24.3 Å². The molecular formula is C16H18N2O3. The Morgan fingerprint density at radius 3 is 2.81 bits per heavy atom. The van der Waals surface area contributed by atoms with Gasteiger partial charge in [0.15, 0.2) is 0 Å². The van der Waals surface area contributed by atoms with Crippen LogP contribution < -0.4 is 15.6 Å². The number of hydrogen-bond acceptors (Lipinski definition) is 3. The molecule has 2 rings (SSSR count). The molecule has 110 valence electrons. The Kier molecular flexibility index (Phi) is 4.77. The van der Waals surface area contributed by atoms with Gasteiger partial charge >= 0.3 is 0 Å². The van der Waals surface area contributed by atoms with Crippen molar-refractivity contribution >= 4 is 11.6 Å². The molecule has 5 heteroatoms. The molecule has 0 aliphatic carbocycles. The molecule has 0 unspecified atom stereocenters. The summed E-state index contributed by atoms with van der Waals surface area (Å²) in [6, 6.07) is 10.7. The van der Waals surface area contributed by atoms with E-state index in [2.05, 4.69) is 5.32 Å². The molecule has 0 radical (unpaired) electrons. The van der Waals surface area contributed by atoms with Gasteiger partial charge in [0.2, 0.25) is 11.5 Å². The number of rotatable bonds is 5. The molecule has 1 amide bonds. The molecule has 1 aromatic heterocycles. The first kappa shape index (κ1) is 14.8. The first-order valence-electron chi connectivity index (χ1n) is 6.68. The monoisotopic (exact) mass is 286 g/mol. The van der Waals surface area contributed by atoms with Crippen LogP contribution in [0, 0.1) is 0 Å². The van der Waals surface area contributed by atoms with Gasteiger partial charge in [-0.3, -0.25) is 9.59 Å². The lowest BCUT2D eigenvalue weighted by molar-refractivity contribution is -0.116. The Morgan fingerprint density at radius 1 is 1.29 bits per heavy atom. The number of pyridine rings is 1. The predicted octanol–water partition coefficient (Wildman–Crippen LogP) is 1.97. The van der Waals surface area contributed by atoms with Gasteiger partial charge < -0.3 is 14.6 Å². The van der Waals surface area contributed by atoms with Gasteiger partial charge in [-0.05, 0) is 30.2 Å². The largest absolute Gasteiger partial charge is 0.497 e. The fourth-order valence-electron chi connectivity index (χ4n) is 1.98. The molecule has 5 nitrogen and oxygen atoms in total. The van der Waals surface area contributed by atoms with Crippen molar-refractivity contribution in [3.8, 4) is 5.75 Å². The second kappa shape index (κ2) is 6.74. The van der Waals surface area contributed by atoms with E-state index < -0.39 is 0 Å². The average Bonchev–Trinajstić information content (AvgIpc) is 2.49. The van der Waals surface area contributed by atoms with Crippen molar-refractivity contribution in [2.45, 2.75) is 12.8 Å². The molecule has 0 fully saturated rings. The Labute approximate surface area is 123 Å². The molecule has 0 spiro atoms. The fourth-order valence-corrected chi connectivity index (χ4v) is 1.98. The highest BCUT2D eigenvalue weighted by Crippen LogP contribution is 2.14. The Balaban J connectivity index is 1.92. The third kappa shape index (κ3) is 4.21. The van der Waals surface area contributed by atoms with Gasteiger partial charge in [0.1, 0.15) is 5.75 Å². The van der Waals surface area contributed by atoms with Crippen molar-refractivity contribution in [1.82, 2.24) is 4.57 Å². The molecule has 0 bridgehead atoms. The van der Waals surface area contributed by atoms with Crippen LogP contribution in [0.15, 0.2) is 47.4 Å². The van der Waals surface area contributed by atoms with E-state index in [-0.39, 0.29) is 11.5 Å². The van der Waals surface area contributed by atoms with Crippen LogP contribution in [0.4, 0.5) is 5.69 Å². The highest BCUT2D eigenvalue weighted by atomic mass is 16.5. The quantitative estimate of drug-likeness (QED) is 0.914. The lowest BCUT2D eigenvalue weighted by Gasteiger charge is -2.07. The number of nitrogens with one attached hydrogen (secondary N) is 1. The minimum atomic E-state index is -0.107. The molecule has 0 atom stereocenters. The van der Waals surface area contributed by atoms with Crippen LogP contribution in [0.5, 0.6) is 5.75 Å². The molecule has 2 aromatic rings. The van der Waals surface area contributed by atoms with Crippen LogP contribution in [0.25, 0.3) is 0 Å². The van der Waals surface area contributed by atoms with Gasteiger partial charge in [-0.25, -0.2) is 0 Å². The van der Waals surface area contributed by atoms with Crippen LogP contribution in [-0.4, -0.2) is 17.6 Å². The van der Waals surface area contributed by atoms with Crippen LogP contribution in [0.2, 0.25) is 0 Å². The van der Waals surface area contributed by atoms with Crippen molar-refractivity contribution in [3.05, 3.63) is 58.5 Å². The number of amides is 1. The smallest absolute Gasteiger partial charge is 0.250 e. The molecule has 0 saturated carbocycles. The second-order valence-electron chi connectivity index (χ2n) is 4.77. The number of carbonyl (C=O) groups is 1. The standard InChI is InChI=1S/C16H18N2O3/c1-18-11-13(7-9-16(18)20)17-15(19)8-6-12-4-3-5-14(10-12)21-2/h3-5,7,9-11H,6,8H2,1-2H3,(H,17,19). The van der Waals surface area contributed by atoms with E-state index in [1.165, 1.54) is 10.6 Å². The summed E-state index contributed by atoms with van der Waals surface area (Å²) in [7, 11) is 3.26. The molecule has 0 aliphatic heterocycles. The van der Waals surface area contributed by atoms with Crippen molar-refractivity contribution in [2.24, 2.45) is 7.05 Å². The Bertz CT molecular complexity index is 692. The number of aryl methyl sites for hydroxylation is 2. The van der Waals surface area contributed by atoms with E-state index in [0.29, 0.717) is 18.5 Å². The number of nitrogens with zero attached hydrogens (tertiary/aromatic N) is 1. The summed E-state index contributed by atoms with van der Waals surface area (Å²) >= 11 is 0. The number of methoxy groups -OCH3 is 1. The summed E-state index contributed by atoms with van der Waals surface area (Å²) in [5.74, 6) is 0.697. The van der Waals surface area contributed by atoms with E-state index in [4.69, 9.17) is 4.74 Å². The maximum Gasteiger partial charge on any atom is 0.250 e. The van der Waals surface area contributed by atoms with Gasteiger partial charge in [-0.15, -0.1) is 0 Å². The minimum absolute atomic E-state index is 0.0866.